The Bertz CT molecular complexity index is 784. The summed E-state index contributed by atoms with van der Waals surface area (Å²) in [4.78, 5) is 26.3. The fourth-order valence-corrected chi connectivity index (χ4v) is 3.65. The van der Waals surface area contributed by atoms with Gasteiger partial charge in [0.1, 0.15) is 17.7 Å². The summed E-state index contributed by atoms with van der Waals surface area (Å²) in [6.45, 7) is 0.258. The van der Waals surface area contributed by atoms with Crippen molar-refractivity contribution in [3.8, 4) is 0 Å². The highest BCUT2D eigenvalue weighted by Crippen LogP contribution is 2.22. The Morgan fingerprint density at radius 2 is 1.65 bits per heavy atom. The molecule has 2 N–H and O–H groups in total. The van der Waals surface area contributed by atoms with Crippen LogP contribution in [0.15, 0.2) is 48.5 Å². The molecule has 136 valence electrons. The summed E-state index contributed by atoms with van der Waals surface area (Å²) in [6.07, 6.45) is 0. The second kappa shape index (κ2) is 8.18. The van der Waals surface area contributed by atoms with Crippen LogP contribution in [0, 0.1) is 11.6 Å². The van der Waals surface area contributed by atoms with E-state index < -0.39 is 17.9 Å². The molecule has 0 saturated carbocycles. The van der Waals surface area contributed by atoms with Crippen LogP contribution in [0.1, 0.15) is 5.56 Å². The number of carbonyl (C=O) groups is 2. The molecule has 1 aliphatic heterocycles. The number of hydrogen-bond acceptors (Lipinski definition) is 3. The smallest absolute Gasteiger partial charge is 0.323 e. The maximum atomic E-state index is 12.9. The van der Waals surface area contributed by atoms with Crippen LogP contribution >= 0.6 is 11.8 Å². The molecule has 0 radical (unpaired) electrons. The molecule has 1 fully saturated rings. The van der Waals surface area contributed by atoms with E-state index in [1.807, 2.05) is 0 Å². The van der Waals surface area contributed by atoms with E-state index in [1.165, 1.54) is 53.1 Å². The number of nitrogens with one attached hydrogen (secondary N) is 2. The largest absolute Gasteiger partial charge is 0.350 e. The molecule has 0 aliphatic carbocycles. The average Bonchev–Trinajstić information content (AvgIpc) is 3.13. The van der Waals surface area contributed by atoms with Gasteiger partial charge in [-0.05, 0) is 42.0 Å². The third kappa shape index (κ3) is 4.51. The number of carbonyl (C=O) groups excluding carboxylic acids is 2. The first-order chi connectivity index (χ1) is 12.5. The van der Waals surface area contributed by atoms with E-state index in [9.17, 15) is 18.4 Å². The van der Waals surface area contributed by atoms with Crippen molar-refractivity contribution in [2.45, 2.75) is 12.6 Å². The number of anilines is 1. The van der Waals surface area contributed by atoms with Gasteiger partial charge in [0.2, 0.25) is 5.91 Å². The quantitative estimate of drug-likeness (QED) is 0.860. The summed E-state index contributed by atoms with van der Waals surface area (Å²) in [7, 11) is 0. The fraction of sp³-hybridized carbons (Fsp3) is 0.222. The van der Waals surface area contributed by atoms with Gasteiger partial charge in [-0.25, -0.2) is 13.6 Å². The van der Waals surface area contributed by atoms with Crippen LogP contribution in [0.4, 0.5) is 19.3 Å². The lowest BCUT2D eigenvalue weighted by atomic mass is 10.2. The molecule has 1 aliphatic rings. The van der Waals surface area contributed by atoms with Gasteiger partial charge in [0, 0.05) is 18.0 Å². The van der Waals surface area contributed by atoms with Gasteiger partial charge in [-0.3, -0.25) is 4.79 Å². The highest BCUT2D eigenvalue weighted by molar-refractivity contribution is 7.99. The van der Waals surface area contributed by atoms with E-state index >= 15 is 0 Å². The van der Waals surface area contributed by atoms with Gasteiger partial charge in [0.15, 0.2) is 0 Å². The van der Waals surface area contributed by atoms with Gasteiger partial charge >= 0.3 is 6.03 Å². The van der Waals surface area contributed by atoms with Gasteiger partial charge in [0.25, 0.3) is 0 Å². The lowest BCUT2D eigenvalue weighted by Gasteiger charge is -2.23. The summed E-state index contributed by atoms with van der Waals surface area (Å²) >= 11 is 1.48. The summed E-state index contributed by atoms with van der Waals surface area (Å²) in [6, 6.07) is 10.3. The summed E-state index contributed by atoms with van der Waals surface area (Å²) in [5.41, 5.74) is 1.23. The normalized spacial score (nSPS) is 16.4. The zero-order chi connectivity index (χ0) is 18.5. The second-order valence-electron chi connectivity index (χ2n) is 5.77. The first-order valence-electron chi connectivity index (χ1n) is 7.96. The van der Waals surface area contributed by atoms with Crippen LogP contribution in [0.5, 0.6) is 0 Å². The summed E-state index contributed by atoms with van der Waals surface area (Å²) < 4.78 is 25.8. The molecule has 0 spiro atoms. The molecule has 3 amide bonds. The van der Waals surface area contributed by atoms with E-state index in [-0.39, 0.29) is 18.3 Å². The van der Waals surface area contributed by atoms with E-state index in [0.717, 1.165) is 5.56 Å². The van der Waals surface area contributed by atoms with Crippen molar-refractivity contribution in [3.05, 3.63) is 65.7 Å². The van der Waals surface area contributed by atoms with Gasteiger partial charge in [0.05, 0.1) is 5.88 Å². The Kier molecular flexibility index (Phi) is 5.72. The molecule has 1 saturated heterocycles. The molecule has 2 aromatic carbocycles. The van der Waals surface area contributed by atoms with Gasteiger partial charge in [-0.2, -0.15) is 0 Å². The Labute approximate surface area is 153 Å². The Balaban J connectivity index is 1.57. The van der Waals surface area contributed by atoms with Crippen molar-refractivity contribution >= 4 is 29.4 Å². The highest BCUT2D eigenvalue weighted by Gasteiger charge is 2.34. The molecular weight excluding hydrogens is 360 g/mol. The molecule has 26 heavy (non-hydrogen) atoms. The highest BCUT2D eigenvalue weighted by atomic mass is 32.2. The van der Waals surface area contributed by atoms with E-state index in [0.29, 0.717) is 17.3 Å². The zero-order valence-corrected chi connectivity index (χ0v) is 14.6. The second-order valence-corrected chi connectivity index (χ2v) is 6.77. The molecule has 1 heterocycles. The van der Waals surface area contributed by atoms with Crippen LogP contribution in [0.2, 0.25) is 0 Å². The molecule has 1 atom stereocenters. The minimum Gasteiger partial charge on any atom is -0.350 e. The number of thioether (sulfide) groups is 1. The fourth-order valence-electron chi connectivity index (χ4n) is 2.50. The zero-order valence-electron chi connectivity index (χ0n) is 13.7. The van der Waals surface area contributed by atoms with Crippen LogP contribution in [0.25, 0.3) is 0 Å². The first kappa shape index (κ1) is 18.2. The minimum absolute atomic E-state index is 0.258. The van der Waals surface area contributed by atoms with Crippen molar-refractivity contribution < 1.29 is 18.4 Å². The van der Waals surface area contributed by atoms with Crippen molar-refractivity contribution in [2.24, 2.45) is 0 Å². The van der Waals surface area contributed by atoms with E-state index in [1.54, 1.807) is 12.1 Å². The molecule has 0 aromatic heterocycles. The van der Waals surface area contributed by atoms with Gasteiger partial charge in [-0.15, -0.1) is 11.8 Å². The van der Waals surface area contributed by atoms with Gasteiger partial charge in [-0.1, -0.05) is 12.1 Å². The summed E-state index contributed by atoms with van der Waals surface area (Å²) in [5, 5.41) is 5.43. The molecule has 0 bridgehead atoms. The Morgan fingerprint density at radius 1 is 1.04 bits per heavy atom. The van der Waals surface area contributed by atoms with Crippen LogP contribution in [0.3, 0.4) is 0 Å². The molecule has 0 unspecified atom stereocenters. The molecule has 2 aromatic rings. The predicted octanol–water partition coefficient (Wildman–Crippen LogP) is 3.19. The number of urea groups is 1. The minimum atomic E-state index is -0.596. The Morgan fingerprint density at radius 3 is 2.31 bits per heavy atom. The monoisotopic (exact) mass is 377 g/mol. The Hall–Kier alpha value is -2.61. The van der Waals surface area contributed by atoms with Crippen LogP contribution < -0.4 is 10.6 Å². The third-order valence-electron chi connectivity index (χ3n) is 3.92. The van der Waals surface area contributed by atoms with E-state index in [2.05, 4.69) is 10.6 Å². The maximum absolute atomic E-state index is 12.9. The lowest BCUT2D eigenvalue weighted by Crippen LogP contribution is -2.48. The number of nitrogens with zero attached hydrogens (tertiary/aromatic N) is 1. The number of hydrogen-bond donors (Lipinski definition) is 2. The third-order valence-corrected chi connectivity index (χ3v) is 4.93. The van der Waals surface area contributed by atoms with Crippen LogP contribution in [-0.4, -0.2) is 34.5 Å². The molecule has 5 nitrogen and oxygen atoms in total. The standard InChI is InChI=1S/C18H17F2N3O2S/c19-13-3-1-12(2-4-13)9-21-17(24)16-10-26-11-23(16)18(25)22-15-7-5-14(20)6-8-15/h1-8,16H,9-11H2,(H,21,24)(H,22,25)/t16-/m0/s1. The predicted molar refractivity (Wildman–Crippen MR) is 96.6 cm³/mol. The van der Waals surface area contributed by atoms with Crippen LogP contribution in [-0.2, 0) is 11.3 Å². The van der Waals surface area contributed by atoms with Crippen molar-refractivity contribution in [1.82, 2.24) is 10.2 Å². The number of benzene rings is 2. The summed E-state index contributed by atoms with van der Waals surface area (Å²) in [5.74, 6) is -0.115. The topological polar surface area (TPSA) is 61.4 Å². The SMILES string of the molecule is O=C(NCc1ccc(F)cc1)[C@@H]1CSCN1C(=O)Nc1ccc(F)cc1. The molecule has 8 heteroatoms. The number of amides is 3. The van der Waals surface area contributed by atoms with Gasteiger partial charge < -0.3 is 15.5 Å². The number of halogens is 2. The molecule has 3 rings (SSSR count). The first-order valence-corrected chi connectivity index (χ1v) is 9.11. The lowest BCUT2D eigenvalue weighted by molar-refractivity contribution is -0.124. The average molecular weight is 377 g/mol. The maximum Gasteiger partial charge on any atom is 0.323 e. The number of rotatable bonds is 4. The van der Waals surface area contributed by atoms with Crippen molar-refractivity contribution in [3.63, 3.8) is 0 Å². The van der Waals surface area contributed by atoms with Crippen molar-refractivity contribution in [1.29, 1.82) is 0 Å². The van der Waals surface area contributed by atoms with Crippen molar-refractivity contribution in [2.75, 3.05) is 16.9 Å². The molecular formula is C18H17F2N3O2S. The van der Waals surface area contributed by atoms with E-state index in [4.69, 9.17) is 0 Å².